The maximum atomic E-state index is 5.78. The van der Waals surface area contributed by atoms with Crippen LogP contribution in [0.15, 0.2) is 11.8 Å². The molecular weight excluding hydrogens is 146 g/mol. The van der Waals surface area contributed by atoms with Gasteiger partial charge in [-0.25, -0.2) is 0 Å². The molecule has 1 atom stereocenters. The first-order valence-electron chi connectivity index (χ1n) is 3.42. The van der Waals surface area contributed by atoms with Crippen LogP contribution in [0, 0.1) is 0 Å². The van der Waals surface area contributed by atoms with Crippen molar-refractivity contribution >= 4 is 11.8 Å². The summed E-state index contributed by atoms with van der Waals surface area (Å²) in [6.45, 7) is 0.817. The molecule has 0 aromatic carbocycles. The van der Waals surface area contributed by atoms with Crippen molar-refractivity contribution in [2.75, 3.05) is 18.6 Å². The van der Waals surface area contributed by atoms with Gasteiger partial charge < -0.3 is 10.5 Å². The number of hydrogen-bond donors (Lipinski definition) is 1. The molecule has 0 aromatic heterocycles. The van der Waals surface area contributed by atoms with Gasteiger partial charge in [0.05, 0.1) is 12.6 Å². The van der Waals surface area contributed by atoms with Crippen molar-refractivity contribution in [1.29, 1.82) is 0 Å². The van der Waals surface area contributed by atoms with Crippen LogP contribution in [0.2, 0.25) is 0 Å². The van der Waals surface area contributed by atoms with Crippen molar-refractivity contribution in [2.45, 2.75) is 12.5 Å². The summed E-state index contributed by atoms with van der Waals surface area (Å²) >= 11 is 1.75. The SMILES string of the molecule is CSCC(N)C1=CCCO1. The van der Waals surface area contributed by atoms with Gasteiger partial charge >= 0.3 is 0 Å². The summed E-state index contributed by atoms with van der Waals surface area (Å²) in [6.07, 6.45) is 5.16. The van der Waals surface area contributed by atoms with E-state index in [1.54, 1.807) is 11.8 Å². The molecule has 0 saturated heterocycles. The Morgan fingerprint density at radius 3 is 3.20 bits per heavy atom. The van der Waals surface area contributed by atoms with Gasteiger partial charge in [-0.05, 0) is 12.3 Å². The lowest BCUT2D eigenvalue weighted by molar-refractivity contribution is 0.228. The van der Waals surface area contributed by atoms with Crippen LogP contribution in [0.25, 0.3) is 0 Å². The molecule has 10 heavy (non-hydrogen) atoms. The lowest BCUT2D eigenvalue weighted by Gasteiger charge is -2.10. The monoisotopic (exact) mass is 159 g/mol. The molecule has 1 rings (SSSR count). The summed E-state index contributed by atoms with van der Waals surface area (Å²) in [5.74, 6) is 1.93. The van der Waals surface area contributed by atoms with E-state index < -0.39 is 0 Å². The molecule has 0 aliphatic carbocycles. The highest BCUT2D eigenvalue weighted by Crippen LogP contribution is 2.13. The van der Waals surface area contributed by atoms with Gasteiger partial charge in [0.25, 0.3) is 0 Å². The lowest BCUT2D eigenvalue weighted by atomic mass is 10.3. The second kappa shape index (κ2) is 3.88. The third kappa shape index (κ3) is 1.92. The molecule has 3 heteroatoms. The Morgan fingerprint density at radius 2 is 2.70 bits per heavy atom. The van der Waals surface area contributed by atoms with Gasteiger partial charge in [-0.3, -0.25) is 0 Å². The van der Waals surface area contributed by atoms with Crippen LogP contribution >= 0.6 is 11.8 Å². The fourth-order valence-corrected chi connectivity index (χ4v) is 1.48. The highest BCUT2D eigenvalue weighted by Gasteiger charge is 2.12. The second-order valence-electron chi connectivity index (χ2n) is 2.31. The fraction of sp³-hybridized carbons (Fsp3) is 0.714. The molecule has 0 spiro atoms. The minimum absolute atomic E-state index is 0.109. The van der Waals surface area contributed by atoms with Gasteiger partial charge in [-0.2, -0.15) is 11.8 Å². The molecule has 1 unspecified atom stereocenters. The zero-order valence-corrected chi connectivity index (χ0v) is 6.99. The molecule has 2 nitrogen and oxygen atoms in total. The molecule has 0 bridgehead atoms. The topological polar surface area (TPSA) is 35.2 Å². The summed E-state index contributed by atoms with van der Waals surface area (Å²) in [5.41, 5.74) is 5.78. The molecule has 0 aromatic rings. The van der Waals surface area contributed by atoms with Crippen molar-refractivity contribution in [3.05, 3.63) is 11.8 Å². The fourth-order valence-electron chi connectivity index (χ4n) is 0.957. The van der Waals surface area contributed by atoms with Crippen LogP contribution in [0.3, 0.4) is 0 Å². The first kappa shape index (κ1) is 7.95. The molecule has 1 aliphatic heterocycles. The van der Waals surface area contributed by atoms with E-state index in [1.165, 1.54) is 0 Å². The number of thioether (sulfide) groups is 1. The number of rotatable bonds is 3. The highest BCUT2D eigenvalue weighted by molar-refractivity contribution is 7.98. The van der Waals surface area contributed by atoms with E-state index in [1.807, 2.05) is 0 Å². The first-order valence-corrected chi connectivity index (χ1v) is 4.81. The third-order valence-corrected chi connectivity index (χ3v) is 2.14. The van der Waals surface area contributed by atoms with Crippen molar-refractivity contribution in [1.82, 2.24) is 0 Å². The van der Waals surface area contributed by atoms with E-state index in [-0.39, 0.29) is 6.04 Å². The van der Waals surface area contributed by atoms with Crippen LogP contribution in [0.5, 0.6) is 0 Å². The summed E-state index contributed by atoms with van der Waals surface area (Å²) in [4.78, 5) is 0. The maximum absolute atomic E-state index is 5.78. The van der Waals surface area contributed by atoms with Crippen LogP contribution < -0.4 is 5.73 Å². The maximum Gasteiger partial charge on any atom is 0.110 e. The zero-order chi connectivity index (χ0) is 7.40. The molecule has 0 amide bonds. The largest absolute Gasteiger partial charge is 0.496 e. The Morgan fingerprint density at radius 1 is 1.90 bits per heavy atom. The summed E-state index contributed by atoms with van der Waals surface area (Å²) in [6, 6.07) is 0.109. The third-order valence-electron chi connectivity index (χ3n) is 1.44. The van der Waals surface area contributed by atoms with E-state index in [0.717, 1.165) is 24.5 Å². The first-order chi connectivity index (χ1) is 4.84. The Hall–Kier alpha value is -0.150. The van der Waals surface area contributed by atoms with Crippen LogP contribution in [-0.4, -0.2) is 24.7 Å². The van der Waals surface area contributed by atoms with E-state index in [2.05, 4.69) is 12.3 Å². The molecule has 0 radical (unpaired) electrons. The molecule has 2 N–H and O–H groups in total. The van der Waals surface area contributed by atoms with Gasteiger partial charge in [0.2, 0.25) is 0 Å². The smallest absolute Gasteiger partial charge is 0.110 e. The number of nitrogens with two attached hydrogens (primary N) is 1. The predicted octanol–water partition coefficient (Wildman–Crippen LogP) is 0.981. The highest BCUT2D eigenvalue weighted by atomic mass is 32.2. The zero-order valence-electron chi connectivity index (χ0n) is 6.17. The molecular formula is C7H13NOS. The molecule has 0 saturated carbocycles. The second-order valence-corrected chi connectivity index (χ2v) is 3.22. The van der Waals surface area contributed by atoms with Crippen molar-refractivity contribution < 1.29 is 4.74 Å². The Balaban J connectivity index is 2.32. The van der Waals surface area contributed by atoms with Gasteiger partial charge in [0.15, 0.2) is 0 Å². The normalized spacial score (nSPS) is 20.0. The average molecular weight is 159 g/mol. The van der Waals surface area contributed by atoms with E-state index >= 15 is 0 Å². The van der Waals surface area contributed by atoms with Gasteiger partial charge in [-0.1, -0.05) is 0 Å². The Bertz CT molecular complexity index is 136. The van der Waals surface area contributed by atoms with Gasteiger partial charge in [0.1, 0.15) is 5.76 Å². The minimum atomic E-state index is 0.109. The standard InChI is InChI=1S/C7H13NOS/c1-10-5-6(8)7-3-2-4-9-7/h3,6H,2,4-5,8H2,1H3. The summed E-state index contributed by atoms with van der Waals surface area (Å²) in [5, 5.41) is 0. The van der Waals surface area contributed by atoms with Crippen LogP contribution in [-0.2, 0) is 4.74 Å². The number of ether oxygens (including phenoxy) is 1. The van der Waals surface area contributed by atoms with Crippen molar-refractivity contribution in [3.8, 4) is 0 Å². The summed E-state index contributed by atoms with van der Waals surface area (Å²) < 4.78 is 5.29. The van der Waals surface area contributed by atoms with Crippen molar-refractivity contribution in [3.63, 3.8) is 0 Å². The van der Waals surface area contributed by atoms with E-state index in [0.29, 0.717) is 0 Å². The van der Waals surface area contributed by atoms with Gasteiger partial charge in [-0.15, -0.1) is 0 Å². The minimum Gasteiger partial charge on any atom is -0.496 e. The van der Waals surface area contributed by atoms with Crippen LogP contribution in [0.1, 0.15) is 6.42 Å². The average Bonchev–Trinajstić information content (AvgIpc) is 2.38. The van der Waals surface area contributed by atoms with Crippen LogP contribution in [0.4, 0.5) is 0 Å². The molecule has 58 valence electrons. The molecule has 1 heterocycles. The Labute approximate surface area is 65.8 Å². The Kier molecular flexibility index (Phi) is 3.09. The van der Waals surface area contributed by atoms with E-state index in [4.69, 9.17) is 10.5 Å². The number of hydrogen-bond acceptors (Lipinski definition) is 3. The molecule has 1 aliphatic rings. The van der Waals surface area contributed by atoms with Gasteiger partial charge in [0, 0.05) is 12.2 Å². The molecule has 0 fully saturated rings. The lowest BCUT2D eigenvalue weighted by Crippen LogP contribution is -2.25. The summed E-state index contributed by atoms with van der Waals surface area (Å²) in [7, 11) is 0. The van der Waals surface area contributed by atoms with Crippen molar-refractivity contribution in [2.24, 2.45) is 5.73 Å². The predicted molar refractivity (Wildman–Crippen MR) is 45.0 cm³/mol. The quantitative estimate of drug-likeness (QED) is 0.666. The van der Waals surface area contributed by atoms with E-state index in [9.17, 15) is 0 Å².